The van der Waals surface area contributed by atoms with Gasteiger partial charge in [-0.1, -0.05) is 60.7 Å². The average molecular weight is 418 g/mol. The van der Waals surface area contributed by atoms with Crippen molar-refractivity contribution in [2.45, 2.75) is 6.54 Å². The number of hydrogen-bond acceptors (Lipinski definition) is 4. The van der Waals surface area contributed by atoms with Crippen LogP contribution in [0.25, 0.3) is 10.9 Å². The van der Waals surface area contributed by atoms with Crippen LogP contribution in [0.2, 0.25) is 5.02 Å². The van der Waals surface area contributed by atoms with Crippen LogP contribution in [0.5, 0.6) is 11.6 Å². The molecule has 0 amide bonds. The Morgan fingerprint density at radius 1 is 0.967 bits per heavy atom. The van der Waals surface area contributed by atoms with Crippen LogP contribution in [0.4, 0.5) is 11.4 Å². The molecule has 1 N–H and O–H groups in total. The minimum atomic E-state index is 0.0486. The maximum atomic E-state index is 11.0. The first-order valence-corrected chi connectivity index (χ1v) is 9.84. The molecule has 4 aromatic rings. The second kappa shape index (κ2) is 8.84. The van der Waals surface area contributed by atoms with Crippen LogP contribution >= 0.6 is 11.6 Å². The molecule has 1 aromatic heterocycles. The Kier molecular flexibility index (Phi) is 5.82. The zero-order valence-corrected chi connectivity index (χ0v) is 17.0. The summed E-state index contributed by atoms with van der Waals surface area (Å²) in [7, 11) is 0. The van der Waals surface area contributed by atoms with E-state index in [4.69, 9.17) is 16.3 Å². The van der Waals surface area contributed by atoms with Crippen LogP contribution in [0.15, 0.2) is 95.7 Å². The monoisotopic (exact) mass is 417 g/mol. The van der Waals surface area contributed by atoms with Crippen molar-refractivity contribution in [3.8, 4) is 11.6 Å². The molecule has 30 heavy (non-hydrogen) atoms. The number of aromatic hydroxyl groups is 1. The molecule has 0 aliphatic carbocycles. The molecule has 0 aliphatic heterocycles. The van der Waals surface area contributed by atoms with Gasteiger partial charge in [0.25, 0.3) is 0 Å². The molecule has 4 rings (SSSR count). The Labute approximate surface area is 179 Å². The molecule has 0 aliphatic rings. The molecule has 5 nitrogen and oxygen atoms in total. The number of halogens is 1. The summed E-state index contributed by atoms with van der Waals surface area (Å²) in [4.78, 5) is 0. The van der Waals surface area contributed by atoms with E-state index in [0.29, 0.717) is 29.5 Å². The fraction of sp³-hybridized carbons (Fsp3) is 0.0833. The van der Waals surface area contributed by atoms with Crippen LogP contribution in [0.1, 0.15) is 5.56 Å². The van der Waals surface area contributed by atoms with Crippen molar-refractivity contribution in [2.24, 2.45) is 10.2 Å². The second-order valence-corrected chi connectivity index (χ2v) is 7.10. The van der Waals surface area contributed by atoms with E-state index < -0.39 is 0 Å². The number of fused-ring (bicyclic) bond motifs is 1. The van der Waals surface area contributed by atoms with E-state index in [1.54, 1.807) is 30.3 Å². The van der Waals surface area contributed by atoms with Crippen LogP contribution in [-0.4, -0.2) is 16.3 Å². The largest absolute Gasteiger partial charge is 0.493 e. The molecule has 0 unspecified atom stereocenters. The van der Waals surface area contributed by atoms with Gasteiger partial charge in [-0.3, -0.25) is 0 Å². The van der Waals surface area contributed by atoms with E-state index in [1.807, 2.05) is 53.1 Å². The van der Waals surface area contributed by atoms with Gasteiger partial charge in [0.15, 0.2) is 5.69 Å². The smallest absolute Gasteiger partial charge is 0.221 e. The zero-order valence-electron chi connectivity index (χ0n) is 16.2. The third-order valence-electron chi connectivity index (χ3n) is 4.67. The predicted octanol–water partition coefficient (Wildman–Crippen LogP) is 7.03. The minimum Gasteiger partial charge on any atom is -0.493 e. The normalized spacial score (nSPS) is 11.2. The minimum absolute atomic E-state index is 0.0486. The molecule has 0 spiro atoms. The molecule has 150 valence electrons. The van der Waals surface area contributed by atoms with Gasteiger partial charge in [-0.05, 0) is 36.4 Å². The second-order valence-electron chi connectivity index (χ2n) is 6.66. The Morgan fingerprint density at radius 2 is 1.70 bits per heavy atom. The fourth-order valence-corrected chi connectivity index (χ4v) is 3.37. The van der Waals surface area contributed by atoms with Gasteiger partial charge >= 0.3 is 0 Å². The van der Waals surface area contributed by atoms with E-state index >= 15 is 0 Å². The third-order valence-corrected chi connectivity index (χ3v) is 4.92. The Morgan fingerprint density at radius 3 is 2.50 bits per heavy atom. The van der Waals surface area contributed by atoms with E-state index in [-0.39, 0.29) is 5.88 Å². The molecule has 0 saturated carbocycles. The summed E-state index contributed by atoms with van der Waals surface area (Å²) in [5.74, 6) is 0.798. The van der Waals surface area contributed by atoms with E-state index in [0.717, 1.165) is 22.2 Å². The van der Waals surface area contributed by atoms with Crippen molar-refractivity contribution in [2.75, 3.05) is 6.61 Å². The van der Waals surface area contributed by atoms with Gasteiger partial charge in [-0.15, -0.1) is 5.11 Å². The molecule has 0 fully saturated rings. The van der Waals surface area contributed by atoms with Crippen molar-refractivity contribution >= 4 is 33.9 Å². The topological polar surface area (TPSA) is 59.1 Å². The van der Waals surface area contributed by atoms with Crippen LogP contribution < -0.4 is 4.74 Å². The molecule has 3 aromatic carbocycles. The third kappa shape index (κ3) is 4.07. The van der Waals surface area contributed by atoms with Gasteiger partial charge in [0.1, 0.15) is 12.4 Å². The summed E-state index contributed by atoms with van der Waals surface area (Å²) in [5.41, 5.74) is 2.87. The maximum absolute atomic E-state index is 11.0. The lowest BCUT2D eigenvalue weighted by Crippen LogP contribution is -2.03. The number of azo groups is 1. The van der Waals surface area contributed by atoms with Gasteiger partial charge in [-0.2, -0.15) is 5.11 Å². The van der Waals surface area contributed by atoms with Crippen LogP contribution in [-0.2, 0) is 6.54 Å². The Hall–Kier alpha value is -3.57. The highest BCUT2D eigenvalue weighted by atomic mass is 35.5. The van der Waals surface area contributed by atoms with E-state index in [2.05, 4.69) is 16.8 Å². The lowest BCUT2D eigenvalue weighted by molar-refractivity contribution is 0.357. The highest BCUT2D eigenvalue weighted by Crippen LogP contribution is 2.40. The van der Waals surface area contributed by atoms with Crippen molar-refractivity contribution in [1.82, 2.24) is 4.57 Å². The molecule has 0 atom stereocenters. The van der Waals surface area contributed by atoms with Gasteiger partial charge in [-0.25, -0.2) is 0 Å². The Bertz CT molecular complexity index is 1210. The van der Waals surface area contributed by atoms with Gasteiger partial charge in [0, 0.05) is 16.0 Å². The van der Waals surface area contributed by atoms with Crippen molar-refractivity contribution in [3.63, 3.8) is 0 Å². The van der Waals surface area contributed by atoms with E-state index in [9.17, 15) is 5.11 Å². The van der Waals surface area contributed by atoms with Crippen molar-refractivity contribution in [3.05, 3.63) is 96.0 Å². The average Bonchev–Trinajstić information content (AvgIpc) is 3.04. The number of para-hydroxylation sites is 2. The molecule has 0 saturated heterocycles. The fourth-order valence-electron chi connectivity index (χ4n) is 3.24. The standard InChI is InChI=1S/C24H20ClN3O2/c1-2-15-30-22-10-6-3-7-17(22)16-28-21-9-5-4-8-20(21)23(24(28)29)27-26-19-13-11-18(25)12-14-19/h2-14,29H,1,15-16H2. The lowest BCUT2D eigenvalue weighted by atomic mass is 10.2. The van der Waals surface area contributed by atoms with Crippen molar-refractivity contribution < 1.29 is 9.84 Å². The Balaban J connectivity index is 1.74. The van der Waals surface area contributed by atoms with Crippen molar-refractivity contribution in [1.29, 1.82) is 0 Å². The van der Waals surface area contributed by atoms with Crippen LogP contribution in [0, 0.1) is 0 Å². The SMILES string of the molecule is C=CCOc1ccccc1Cn1c(O)c(N=Nc2ccc(Cl)cc2)c2ccccc21. The zero-order chi connectivity index (χ0) is 20.9. The first-order valence-electron chi connectivity index (χ1n) is 9.46. The first-order chi connectivity index (χ1) is 14.7. The molecule has 6 heteroatoms. The molecule has 0 radical (unpaired) electrons. The first kappa shape index (κ1) is 19.7. The van der Waals surface area contributed by atoms with Crippen LogP contribution in [0.3, 0.4) is 0 Å². The summed E-state index contributed by atoms with van der Waals surface area (Å²) >= 11 is 5.93. The summed E-state index contributed by atoms with van der Waals surface area (Å²) in [6, 6.07) is 22.5. The highest BCUT2D eigenvalue weighted by Gasteiger charge is 2.17. The lowest BCUT2D eigenvalue weighted by Gasteiger charge is -2.12. The number of ether oxygens (including phenoxy) is 1. The molecular weight excluding hydrogens is 398 g/mol. The summed E-state index contributed by atoms with van der Waals surface area (Å²) < 4.78 is 7.57. The number of benzene rings is 3. The number of aromatic nitrogens is 1. The van der Waals surface area contributed by atoms with Gasteiger partial charge in [0.05, 0.1) is 17.7 Å². The maximum Gasteiger partial charge on any atom is 0.221 e. The molecular formula is C24H20ClN3O2. The molecule has 1 heterocycles. The van der Waals surface area contributed by atoms with Gasteiger partial charge < -0.3 is 14.4 Å². The van der Waals surface area contributed by atoms with Gasteiger partial charge in [0.2, 0.25) is 5.88 Å². The van der Waals surface area contributed by atoms with E-state index in [1.165, 1.54) is 0 Å². The summed E-state index contributed by atoms with van der Waals surface area (Å²) in [5, 5.41) is 21.0. The number of rotatable bonds is 7. The summed E-state index contributed by atoms with van der Waals surface area (Å²) in [6.45, 7) is 4.54. The number of nitrogens with zero attached hydrogens (tertiary/aromatic N) is 3. The number of hydrogen-bond donors (Lipinski definition) is 1. The quantitative estimate of drug-likeness (QED) is 0.259. The molecule has 0 bridgehead atoms. The summed E-state index contributed by atoms with van der Waals surface area (Å²) in [6.07, 6.45) is 1.70. The highest BCUT2D eigenvalue weighted by molar-refractivity contribution is 6.30. The predicted molar refractivity (Wildman–Crippen MR) is 120 cm³/mol.